The van der Waals surface area contributed by atoms with Crippen LogP contribution in [0.15, 0.2) is 237 Å². The molecule has 64 heavy (non-hydrogen) atoms. The lowest BCUT2D eigenvalue weighted by Crippen LogP contribution is -2.10. The van der Waals surface area contributed by atoms with Crippen LogP contribution in [0.4, 0.5) is 17.1 Å². The van der Waals surface area contributed by atoms with Crippen molar-refractivity contribution in [2.75, 3.05) is 4.90 Å². The Morgan fingerprint density at radius 3 is 1.38 bits per heavy atom. The van der Waals surface area contributed by atoms with E-state index in [1.807, 2.05) is 11.3 Å². The summed E-state index contributed by atoms with van der Waals surface area (Å²) in [5.41, 5.74) is 10.6. The Labute approximate surface area is 375 Å². The summed E-state index contributed by atoms with van der Waals surface area (Å²) in [6.45, 7) is 0. The zero-order valence-electron chi connectivity index (χ0n) is 34.9. The third-order valence-electron chi connectivity index (χ3n) is 13.2. The molecule has 0 spiro atoms. The zero-order chi connectivity index (χ0) is 42.1. The predicted octanol–water partition coefficient (Wildman–Crippen LogP) is 18.3. The van der Waals surface area contributed by atoms with Gasteiger partial charge in [-0.2, -0.15) is 0 Å². The van der Waals surface area contributed by atoms with Crippen molar-refractivity contribution in [2.45, 2.75) is 0 Å². The van der Waals surface area contributed by atoms with E-state index in [-0.39, 0.29) is 0 Å². The second kappa shape index (κ2) is 14.8. The van der Waals surface area contributed by atoms with Crippen molar-refractivity contribution in [3.8, 4) is 33.4 Å². The first-order valence-corrected chi connectivity index (χ1v) is 22.8. The molecule has 0 unspecified atom stereocenters. The van der Waals surface area contributed by atoms with Gasteiger partial charge in [0.25, 0.3) is 0 Å². The molecule has 0 aliphatic carbocycles. The van der Waals surface area contributed by atoms with Crippen LogP contribution in [0.25, 0.3) is 107 Å². The van der Waals surface area contributed by atoms with E-state index in [1.165, 1.54) is 107 Å². The van der Waals surface area contributed by atoms with Crippen LogP contribution in [-0.4, -0.2) is 0 Å². The van der Waals surface area contributed by atoms with Crippen molar-refractivity contribution < 1.29 is 0 Å². The van der Waals surface area contributed by atoms with Gasteiger partial charge in [-0.1, -0.05) is 188 Å². The zero-order valence-corrected chi connectivity index (χ0v) is 35.7. The second-order valence-electron chi connectivity index (χ2n) is 16.8. The molecule has 0 bridgehead atoms. The smallest absolute Gasteiger partial charge is 0.0476 e. The Bertz CT molecular complexity index is 3950. The lowest BCUT2D eigenvalue weighted by Gasteiger charge is -2.26. The first-order valence-electron chi connectivity index (χ1n) is 22.0. The van der Waals surface area contributed by atoms with Gasteiger partial charge in [0.15, 0.2) is 0 Å². The van der Waals surface area contributed by atoms with Crippen LogP contribution in [0, 0.1) is 0 Å². The standard InChI is InChI=1S/C62H39NS/c1-6-19-52-41(12-1)30-34-58-57-35-33-49(39-61(57)64-62(52)58)63(47-31-28-43(29-32-47)60-38-46-14-3-5-18-51(46)54-21-8-10-23-56(54)60)48-16-11-15-44(36-48)40-24-26-42(27-25-40)59-37-45-13-2-4-17-50(45)53-20-7-9-22-55(53)59/h1-39H. The third-order valence-corrected chi connectivity index (χ3v) is 14.4. The van der Waals surface area contributed by atoms with E-state index in [1.54, 1.807) is 0 Å². The Morgan fingerprint density at radius 1 is 0.250 bits per heavy atom. The van der Waals surface area contributed by atoms with Crippen LogP contribution in [0.1, 0.15) is 0 Å². The maximum atomic E-state index is 2.42. The summed E-state index contributed by atoms with van der Waals surface area (Å²) in [6, 6.07) is 87.3. The highest BCUT2D eigenvalue weighted by atomic mass is 32.1. The van der Waals surface area contributed by atoms with E-state index in [9.17, 15) is 0 Å². The van der Waals surface area contributed by atoms with Gasteiger partial charge in [-0.25, -0.2) is 0 Å². The maximum absolute atomic E-state index is 2.42. The van der Waals surface area contributed by atoms with Gasteiger partial charge in [0.05, 0.1) is 0 Å². The van der Waals surface area contributed by atoms with Gasteiger partial charge in [0.1, 0.15) is 0 Å². The van der Waals surface area contributed by atoms with E-state index < -0.39 is 0 Å². The van der Waals surface area contributed by atoms with Crippen molar-refractivity contribution in [1.29, 1.82) is 0 Å². The van der Waals surface area contributed by atoms with Crippen molar-refractivity contribution >= 4 is 102 Å². The minimum Gasteiger partial charge on any atom is -0.310 e. The molecular weight excluding hydrogens is 791 g/mol. The summed E-state index contributed by atoms with van der Waals surface area (Å²) in [4.78, 5) is 2.42. The SMILES string of the molecule is c1cc(-c2ccc(-c3cc4ccccc4c4ccccc34)cc2)cc(N(c2ccc(-c3cc4ccccc4c4ccccc34)cc2)c2ccc3c(c2)sc2c4ccccc4ccc32)c1. The molecule has 0 aliphatic heterocycles. The lowest BCUT2D eigenvalue weighted by molar-refractivity contribution is 1.29. The molecule has 1 heterocycles. The number of hydrogen-bond donors (Lipinski definition) is 0. The van der Waals surface area contributed by atoms with Crippen LogP contribution in [-0.2, 0) is 0 Å². The van der Waals surface area contributed by atoms with Crippen molar-refractivity contribution in [3.05, 3.63) is 237 Å². The molecule has 12 aromatic carbocycles. The monoisotopic (exact) mass is 829 g/mol. The molecule has 13 rings (SSSR count). The number of hydrogen-bond acceptors (Lipinski definition) is 2. The molecule has 13 aromatic rings. The van der Waals surface area contributed by atoms with Crippen LogP contribution >= 0.6 is 11.3 Å². The molecule has 298 valence electrons. The number of thiophene rings is 1. The van der Waals surface area contributed by atoms with Crippen molar-refractivity contribution in [2.24, 2.45) is 0 Å². The van der Waals surface area contributed by atoms with E-state index in [2.05, 4.69) is 241 Å². The topological polar surface area (TPSA) is 3.24 Å². The lowest BCUT2D eigenvalue weighted by atomic mass is 9.92. The molecule has 0 amide bonds. The first-order chi connectivity index (χ1) is 31.7. The summed E-state index contributed by atoms with van der Waals surface area (Å²) in [7, 11) is 0. The molecule has 0 N–H and O–H groups in total. The van der Waals surface area contributed by atoms with Gasteiger partial charge in [-0.15, -0.1) is 11.3 Å². The summed E-state index contributed by atoms with van der Waals surface area (Å²) >= 11 is 1.89. The third kappa shape index (κ3) is 5.99. The number of benzene rings is 12. The maximum Gasteiger partial charge on any atom is 0.0476 e. The Kier molecular flexibility index (Phi) is 8.47. The van der Waals surface area contributed by atoms with E-state index in [0.717, 1.165) is 17.1 Å². The fraction of sp³-hybridized carbons (Fsp3) is 0. The number of rotatable bonds is 6. The highest BCUT2D eigenvalue weighted by molar-refractivity contribution is 7.26. The quantitative estimate of drug-likeness (QED) is 0.151. The first kappa shape index (κ1) is 36.6. The highest BCUT2D eigenvalue weighted by Crippen LogP contribution is 2.45. The molecule has 0 fully saturated rings. The van der Waals surface area contributed by atoms with Gasteiger partial charge < -0.3 is 4.90 Å². The van der Waals surface area contributed by atoms with E-state index >= 15 is 0 Å². The Hall–Kier alpha value is -8.04. The van der Waals surface area contributed by atoms with Crippen LogP contribution in [0.2, 0.25) is 0 Å². The summed E-state index contributed by atoms with van der Waals surface area (Å²) in [5, 5.41) is 15.4. The molecule has 0 atom stereocenters. The number of anilines is 3. The van der Waals surface area contributed by atoms with Crippen LogP contribution in [0.5, 0.6) is 0 Å². The minimum absolute atomic E-state index is 1.11. The molecule has 0 radical (unpaired) electrons. The fourth-order valence-corrected chi connectivity index (χ4v) is 11.4. The van der Waals surface area contributed by atoms with Crippen LogP contribution in [0.3, 0.4) is 0 Å². The predicted molar refractivity (Wildman–Crippen MR) is 278 cm³/mol. The van der Waals surface area contributed by atoms with E-state index in [4.69, 9.17) is 0 Å². The Morgan fingerprint density at radius 2 is 0.734 bits per heavy atom. The minimum atomic E-state index is 1.11. The molecular formula is C62H39NS. The normalized spacial score (nSPS) is 11.8. The van der Waals surface area contributed by atoms with Gasteiger partial charge in [-0.05, 0) is 136 Å². The Balaban J connectivity index is 0.931. The highest BCUT2D eigenvalue weighted by Gasteiger charge is 2.18. The average Bonchev–Trinajstić information content (AvgIpc) is 3.75. The van der Waals surface area contributed by atoms with Crippen molar-refractivity contribution in [1.82, 2.24) is 0 Å². The van der Waals surface area contributed by atoms with Gasteiger partial charge >= 0.3 is 0 Å². The summed E-state index contributed by atoms with van der Waals surface area (Å²) in [6.07, 6.45) is 0. The number of fused-ring (bicyclic) bond motifs is 11. The second-order valence-corrected chi connectivity index (χ2v) is 17.9. The molecule has 0 saturated heterocycles. The van der Waals surface area contributed by atoms with Crippen LogP contribution < -0.4 is 4.90 Å². The number of nitrogens with zero attached hydrogens (tertiary/aromatic N) is 1. The average molecular weight is 830 g/mol. The molecule has 1 aromatic heterocycles. The fourth-order valence-electron chi connectivity index (χ4n) is 10.1. The largest absolute Gasteiger partial charge is 0.310 e. The van der Waals surface area contributed by atoms with E-state index in [0.29, 0.717) is 0 Å². The molecule has 1 nitrogen and oxygen atoms in total. The van der Waals surface area contributed by atoms with Gasteiger partial charge in [-0.3, -0.25) is 0 Å². The molecule has 2 heteroatoms. The summed E-state index contributed by atoms with van der Waals surface area (Å²) < 4.78 is 2.62. The summed E-state index contributed by atoms with van der Waals surface area (Å²) in [5.74, 6) is 0. The van der Waals surface area contributed by atoms with Gasteiger partial charge in [0.2, 0.25) is 0 Å². The van der Waals surface area contributed by atoms with Gasteiger partial charge in [0, 0.05) is 37.2 Å². The molecule has 0 saturated carbocycles. The van der Waals surface area contributed by atoms with Crippen molar-refractivity contribution in [3.63, 3.8) is 0 Å². The molecule has 0 aliphatic rings.